The monoisotopic (exact) mass is 261 g/mol. The second-order valence-electron chi connectivity index (χ2n) is 3.11. The average Bonchev–Trinajstić information content (AvgIpc) is 1.59. The third-order valence-electron chi connectivity index (χ3n) is 1.48. The van der Waals surface area contributed by atoms with Gasteiger partial charge >= 0.3 is 0 Å². The summed E-state index contributed by atoms with van der Waals surface area (Å²) in [5.74, 6) is 0.157. The Balaban J connectivity index is -0.000000405. The Kier molecular flexibility index (Phi) is 12.4. The Morgan fingerprint density at radius 3 is 1.25 bits per heavy atom. The zero-order valence-corrected chi connectivity index (χ0v) is 10.3. The fourth-order valence-electron chi connectivity index (χ4n) is 1.32. The maximum absolute atomic E-state index is 11.0. The first-order chi connectivity index (χ1) is 4.46. The molecule has 0 aliphatic rings. The van der Waals surface area contributed by atoms with Gasteiger partial charge in [0, 0.05) is 52.6 Å². The van der Waals surface area contributed by atoms with Gasteiger partial charge in [-0.15, -0.1) is 0 Å². The molecule has 0 fully saturated rings. The largest absolute Gasteiger partial charge is 0.338 e. The van der Waals surface area contributed by atoms with Crippen molar-refractivity contribution in [2.75, 3.05) is 0 Å². The van der Waals surface area contributed by atoms with Crippen molar-refractivity contribution in [3.05, 3.63) is 0 Å². The third kappa shape index (κ3) is 6.05. The molecule has 0 saturated heterocycles. The number of hydrogen-bond donors (Lipinski definition) is 0. The summed E-state index contributed by atoms with van der Waals surface area (Å²) in [5, 5.41) is 0. The van der Waals surface area contributed by atoms with Crippen LogP contribution in [0.15, 0.2) is 0 Å². The Bertz CT molecular complexity index is 118. The molecule has 0 aromatic rings. The summed E-state index contributed by atoms with van der Waals surface area (Å²) in [4.78, 5) is 12.8. The predicted molar refractivity (Wildman–Crippen MR) is 42.8 cm³/mol. The van der Waals surface area contributed by atoms with Gasteiger partial charge in [-0.3, -0.25) is 4.79 Å². The Hall–Kier alpha value is 0.483. The molecule has 0 aliphatic carbocycles. The molecule has 0 aliphatic heterocycles. The van der Waals surface area contributed by atoms with Crippen LogP contribution in [0.5, 0.6) is 0 Å². The van der Waals surface area contributed by atoms with Crippen LogP contribution in [0.2, 0.25) is 0 Å². The first-order valence-corrected chi connectivity index (χ1v) is 3.75. The SMILES string of the molecule is CC(=O)N(C(C)C)C(C)C.[Co].[Co]. The van der Waals surface area contributed by atoms with Crippen molar-refractivity contribution in [1.29, 1.82) is 0 Å². The van der Waals surface area contributed by atoms with E-state index in [2.05, 4.69) is 0 Å². The molecule has 78 valence electrons. The Morgan fingerprint density at radius 1 is 1.00 bits per heavy atom. The van der Waals surface area contributed by atoms with Crippen molar-refractivity contribution >= 4 is 5.91 Å². The van der Waals surface area contributed by atoms with Crippen molar-refractivity contribution in [2.45, 2.75) is 46.7 Å². The van der Waals surface area contributed by atoms with Crippen molar-refractivity contribution in [3.63, 3.8) is 0 Å². The summed E-state index contributed by atoms with van der Waals surface area (Å²) < 4.78 is 0. The first-order valence-electron chi connectivity index (χ1n) is 3.75. The minimum atomic E-state index is 0. The van der Waals surface area contributed by atoms with Gasteiger partial charge in [0.1, 0.15) is 0 Å². The number of carbonyl (C=O) groups is 1. The topological polar surface area (TPSA) is 20.3 Å². The molecule has 0 saturated carbocycles. The molecule has 1 amide bonds. The van der Waals surface area contributed by atoms with Crippen molar-refractivity contribution in [3.8, 4) is 0 Å². The molecule has 0 N–H and O–H groups in total. The van der Waals surface area contributed by atoms with Gasteiger partial charge < -0.3 is 4.90 Å². The molecule has 0 heterocycles. The van der Waals surface area contributed by atoms with Gasteiger partial charge in [-0.25, -0.2) is 0 Å². The van der Waals surface area contributed by atoms with Crippen LogP contribution in [0, 0.1) is 0 Å². The second-order valence-corrected chi connectivity index (χ2v) is 3.11. The van der Waals surface area contributed by atoms with Crippen LogP contribution in [-0.2, 0) is 38.4 Å². The zero-order chi connectivity index (χ0) is 8.31. The van der Waals surface area contributed by atoms with Gasteiger partial charge in [0.05, 0.1) is 0 Å². The van der Waals surface area contributed by atoms with E-state index in [0.29, 0.717) is 12.1 Å². The number of nitrogens with zero attached hydrogens (tertiary/aromatic N) is 1. The summed E-state index contributed by atoms with van der Waals surface area (Å²) in [6.07, 6.45) is 0. The number of amides is 1. The predicted octanol–water partition coefficient (Wildman–Crippen LogP) is 1.65. The molecule has 0 atom stereocenters. The fourth-order valence-corrected chi connectivity index (χ4v) is 1.32. The van der Waals surface area contributed by atoms with E-state index in [1.165, 1.54) is 0 Å². The minimum absolute atomic E-state index is 0. The molecular formula is C8H17Co2NO. The van der Waals surface area contributed by atoms with Gasteiger partial charge in [0.15, 0.2) is 0 Å². The van der Waals surface area contributed by atoms with Crippen LogP contribution in [0.3, 0.4) is 0 Å². The fraction of sp³-hybridized carbons (Fsp3) is 0.875. The standard InChI is InChI=1S/C8H17NO.2Co/c1-6(2)9(7(3)4)8(5)10;;/h6-7H,1-5H3;;. The quantitative estimate of drug-likeness (QED) is 0.740. The van der Waals surface area contributed by atoms with E-state index in [1.807, 2.05) is 32.6 Å². The van der Waals surface area contributed by atoms with Crippen molar-refractivity contribution in [1.82, 2.24) is 4.90 Å². The van der Waals surface area contributed by atoms with Gasteiger partial charge in [-0.1, -0.05) is 0 Å². The van der Waals surface area contributed by atoms with E-state index < -0.39 is 0 Å². The van der Waals surface area contributed by atoms with E-state index in [9.17, 15) is 4.79 Å². The molecule has 0 aromatic carbocycles. The second kappa shape index (κ2) is 8.10. The van der Waals surface area contributed by atoms with Crippen LogP contribution >= 0.6 is 0 Å². The van der Waals surface area contributed by atoms with Crippen LogP contribution in [0.1, 0.15) is 34.6 Å². The Morgan fingerprint density at radius 2 is 1.25 bits per heavy atom. The van der Waals surface area contributed by atoms with Gasteiger partial charge in [-0.05, 0) is 27.7 Å². The number of hydrogen-bond acceptors (Lipinski definition) is 1. The van der Waals surface area contributed by atoms with Crippen molar-refractivity contribution < 1.29 is 38.4 Å². The normalized spacial score (nSPS) is 8.92. The number of rotatable bonds is 2. The van der Waals surface area contributed by atoms with Crippen molar-refractivity contribution in [2.24, 2.45) is 0 Å². The van der Waals surface area contributed by atoms with Crippen LogP contribution in [-0.4, -0.2) is 22.9 Å². The molecule has 2 radical (unpaired) electrons. The van der Waals surface area contributed by atoms with E-state index in [-0.39, 0.29) is 39.5 Å². The third-order valence-corrected chi connectivity index (χ3v) is 1.48. The minimum Gasteiger partial charge on any atom is -0.338 e. The summed E-state index contributed by atoms with van der Waals surface area (Å²) in [6.45, 7) is 9.73. The molecular weight excluding hydrogens is 244 g/mol. The summed E-state index contributed by atoms with van der Waals surface area (Å²) in [6, 6.07) is 0.634. The van der Waals surface area contributed by atoms with E-state index in [1.54, 1.807) is 6.92 Å². The molecule has 0 bridgehead atoms. The molecule has 2 nitrogen and oxygen atoms in total. The maximum atomic E-state index is 11.0. The molecule has 4 heteroatoms. The molecule has 0 rings (SSSR count). The first kappa shape index (κ1) is 18.3. The van der Waals surface area contributed by atoms with E-state index in [4.69, 9.17) is 0 Å². The molecule has 0 unspecified atom stereocenters. The van der Waals surface area contributed by atoms with Gasteiger partial charge in [0.2, 0.25) is 5.91 Å². The van der Waals surface area contributed by atoms with Crippen LogP contribution in [0.25, 0.3) is 0 Å². The maximum Gasteiger partial charge on any atom is 0.219 e. The zero-order valence-electron chi connectivity index (χ0n) is 8.18. The average molecular weight is 261 g/mol. The summed E-state index contributed by atoms with van der Waals surface area (Å²) in [5.41, 5.74) is 0. The van der Waals surface area contributed by atoms with E-state index >= 15 is 0 Å². The smallest absolute Gasteiger partial charge is 0.219 e. The van der Waals surface area contributed by atoms with Crippen LogP contribution in [0.4, 0.5) is 0 Å². The molecule has 0 aromatic heterocycles. The number of carbonyl (C=O) groups excluding carboxylic acids is 1. The van der Waals surface area contributed by atoms with E-state index in [0.717, 1.165) is 0 Å². The molecule has 0 spiro atoms. The summed E-state index contributed by atoms with van der Waals surface area (Å²) in [7, 11) is 0. The Labute approximate surface area is 95.9 Å². The van der Waals surface area contributed by atoms with Crippen LogP contribution < -0.4 is 0 Å². The summed E-state index contributed by atoms with van der Waals surface area (Å²) >= 11 is 0. The van der Waals surface area contributed by atoms with Gasteiger partial charge in [0.25, 0.3) is 0 Å². The molecule has 12 heavy (non-hydrogen) atoms. The van der Waals surface area contributed by atoms with Gasteiger partial charge in [-0.2, -0.15) is 0 Å².